The van der Waals surface area contributed by atoms with Gasteiger partial charge in [0, 0.05) is 23.2 Å². The van der Waals surface area contributed by atoms with Crippen molar-refractivity contribution in [1.29, 1.82) is 0 Å². The average molecular weight is 285 g/mol. The zero-order chi connectivity index (χ0) is 13.1. The van der Waals surface area contributed by atoms with Gasteiger partial charge in [-0.05, 0) is 38.0 Å². The second-order valence-electron chi connectivity index (χ2n) is 4.39. The molecule has 1 aliphatic carbocycles. The van der Waals surface area contributed by atoms with E-state index in [2.05, 4.69) is 0 Å². The van der Waals surface area contributed by atoms with Gasteiger partial charge in [0.1, 0.15) is 0 Å². The summed E-state index contributed by atoms with van der Waals surface area (Å²) in [6.07, 6.45) is 2.28. The van der Waals surface area contributed by atoms with Gasteiger partial charge in [-0.3, -0.25) is 4.79 Å². The van der Waals surface area contributed by atoms with Crippen molar-refractivity contribution in [2.45, 2.75) is 30.7 Å². The molecule has 18 heavy (non-hydrogen) atoms. The first kappa shape index (κ1) is 13.6. The number of hydrogen-bond donors (Lipinski definition) is 1. The molecule has 3 nitrogen and oxygen atoms in total. The van der Waals surface area contributed by atoms with Crippen LogP contribution >= 0.6 is 23.4 Å². The van der Waals surface area contributed by atoms with E-state index in [0.29, 0.717) is 22.5 Å². The highest BCUT2D eigenvalue weighted by molar-refractivity contribution is 8.00. The van der Waals surface area contributed by atoms with Crippen LogP contribution in [0, 0.1) is 0 Å². The largest absolute Gasteiger partial charge is 0.399 e. The second-order valence-corrected chi connectivity index (χ2v) is 5.81. The van der Waals surface area contributed by atoms with Gasteiger partial charge in [-0.25, -0.2) is 0 Å². The van der Waals surface area contributed by atoms with Crippen LogP contribution in [0.25, 0.3) is 0 Å². The Morgan fingerprint density at radius 3 is 2.89 bits per heavy atom. The third kappa shape index (κ3) is 3.33. The molecule has 0 bridgehead atoms. The molecular formula is C13H17ClN2OS. The lowest BCUT2D eigenvalue weighted by Gasteiger charge is -2.20. The molecule has 0 heterocycles. The summed E-state index contributed by atoms with van der Waals surface area (Å²) < 4.78 is 0. The Hall–Kier alpha value is -0.870. The van der Waals surface area contributed by atoms with E-state index in [9.17, 15) is 4.79 Å². The number of nitrogen functional groups attached to an aromatic ring is 1. The van der Waals surface area contributed by atoms with Crippen molar-refractivity contribution in [1.82, 2.24) is 4.90 Å². The molecule has 0 radical (unpaired) electrons. The lowest BCUT2D eigenvalue weighted by molar-refractivity contribution is -0.128. The molecule has 1 aromatic carbocycles. The number of anilines is 1. The van der Waals surface area contributed by atoms with Gasteiger partial charge in [-0.2, -0.15) is 0 Å². The van der Waals surface area contributed by atoms with E-state index in [-0.39, 0.29) is 5.91 Å². The van der Waals surface area contributed by atoms with Crippen LogP contribution in [0.2, 0.25) is 5.02 Å². The molecule has 1 aromatic rings. The summed E-state index contributed by atoms with van der Waals surface area (Å²) in [5.41, 5.74) is 6.38. The van der Waals surface area contributed by atoms with Gasteiger partial charge < -0.3 is 10.6 Å². The van der Waals surface area contributed by atoms with Crippen molar-refractivity contribution in [2.24, 2.45) is 0 Å². The average Bonchev–Trinajstić information content (AvgIpc) is 3.16. The van der Waals surface area contributed by atoms with Crippen LogP contribution in [-0.2, 0) is 4.79 Å². The zero-order valence-corrected chi connectivity index (χ0v) is 11.9. The Balaban J connectivity index is 1.94. The van der Waals surface area contributed by atoms with Crippen LogP contribution in [0.5, 0.6) is 0 Å². The minimum absolute atomic E-state index is 0.184. The van der Waals surface area contributed by atoms with Gasteiger partial charge in [0.15, 0.2) is 0 Å². The lowest BCUT2D eigenvalue weighted by Crippen LogP contribution is -2.34. The molecule has 1 saturated carbocycles. The highest BCUT2D eigenvalue weighted by Gasteiger charge is 2.31. The first-order valence-corrected chi connectivity index (χ1v) is 7.45. The number of thioether (sulfide) groups is 1. The molecule has 0 saturated heterocycles. The fourth-order valence-electron chi connectivity index (χ4n) is 1.88. The van der Waals surface area contributed by atoms with Gasteiger partial charge >= 0.3 is 0 Å². The van der Waals surface area contributed by atoms with Crippen molar-refractivity contribution in [3.63, 3.8) is 0 Å². The molecule has 1 fully saturated rings. The topological polar surface area (TPSA) is 46.3 Å². The third-order valence-electron chi connectivity index (χ3n) is 2.96. The number of benzene rings is 1. The van der Waals surface area contributed by atoms with Gasteiger partial charge in [0.05, 0.1) is 10.8 Å². The molecule has 5 heteroatoms. The summed E-state index contributed by atoms with van der Waals surface area (Å²) in [6.45, 7) is 2.81. The quantitative estimate of drug-likeness (QED) is 0.668. The number of amides is 1. The van der Waals surface area contributed by atoms with Crippen LogP contribution in [0.3, 0.4) is 0 Å². The SMILES string of the molecule is CCN(C(=O)CSc1cc(N)ccc1Cl)C1CC1. The second kappa shape index (κ2) is 5.85. The van der Waals surface area contributed by atoms with E-state index in [1.54, 1.807) is 12.1 Å². The maximum atomic E-state index is 12.1. The highest BCUT2D eigenvalue weighted by atomic mass is 35.5. The Labute approximate surface area is 117 Å². The summed E-state index contributed by atoms with van der Waals surface area (Å²) in [7, 11) is 0. The third-order valence-corrected chi connectivity index (χ3v) is 4.44. The summed E-state index contributed by atoms with van der Waals surface area (Å²) in [6, 6.07) is 5.81. The normalized spacial score (nSPS) is 14.6. The molecule has 0 unspecified atom stereocenters. The molecule has 2 N–H and O–H groups in total. The summed E-state index contributed by atoms with van der Waals surface area (Å²) in [5, 5.41) is 0.650. The molecule has 2 rings (SSSR count). The van der Waals surface area contributed by atoms with Gasteiger partial charge in [-0.15, -0.1) is 11.8 Å². The van der Waals surface area contributed by atoms with Crippen LogP contribution in [0.4, 0.5) is 5.69 Å². The molecule has 98 valence electrons. The van der Waals surface area contributed by atoms with Gasteiger partial charge in [0.2, 0.25) is 5.91 Å². The Morgan fingerprint density at radius 1 is 1.56 bits per heavy atom. The van der Waals surface area contributed by atoms with E-state index in [0.717, 1.165) is 24.3 Å². The summed E-state index contributed by atoms with van der Waals surface area (Å²) >= 11 is 7.52. The van der Waals surface area contributed by atoms with E-state index in [4.69, 9.17) is 17.3 Å². The maximum absolute atomic E-state index is 12.1. The standard InChI is InChI=1S/C13H17ClN2OS/c1-2-16(10-4-5-10)13(17)8-18-12-7-9(15)3-6-11(12)14/h3,6-7,10H,2,4-5,8,15H2,1H3. The van der Waals surface area contributed by atoms with E-state index < -0.39 is 0 Å². The van der Waals surface area contributed by atoms with Crippen molar-refractivity contribution in [3.8, 4) is 0 Å². The number of halogens is 1. The molecule has 0 aliphatic heterocycles. The van der Waals surface area contributed by atoms with Crippen molar-refractivity contribution < 1.29 is 4.79 Å². The maximum Gasteiger partial charge on any atom is 0.233 e. The van der Waals surface area contributed by atoms with Gasteiger partial charge in [-0.1, -0.05) is 11.6 Å². The smallest absolute Gasteiger partial charge is 0.233 e. The monoisotopic (exact) mass is 284 g/mol. The molecule has 1 aliphatic rings. The zero-order valence-electron chi connectivity index (χ0n) is 10.4. The van der Waals surface area contributed by atoms with Crippen LogP contribution in [-0.4, -0.2) is 29.1 Å². The number of carbonyl (C=O) groups is 1. The van der Waals surface area contributed by atoms with Crippen molar-refractivity contribution in [2.75, 3.05) is 18.0 Å². The molecule has 0 atom stereocenters. The Kier molecular flexibility index (Phi) is 4.40. The fraction of sp³-hybridized carbons (Fsp3) is 0.462. The van der Waals surface area contributed by atoms with E-state index >= 15 is 0 Å². The molecule has 0 spiro atoms. The summed E-state index contributed by atoms with van der Waals surface area (Å²) in [4.78, 5) is 14.9. The number of hydrogen-bond acceptors (Lipinski definition) is 3. The highest BCUT2D eigenvalue weighted by Crippen LogP contribution is 2.31. The van der Waals surface area contributed by atoms with E-state index in [1.807, 2.05) is 17.9 Å². The lowest BCUT2D eigenvalue weighted by atomic mass is 10.3. The van der Waals surface area contributed by atoms with Crippen molar-refractivity contribution >= 4 is 35.0 Å². The fourth-order valence-corrected chi connectivity index (χ4v) is 3.03. The minimum atomic E-state index is 0.184. The van der Waals surface area contributed by atoms with Crippen LogP contribution < -0.4 is 5.73 Å². The first-order valence-electron chi connectivity index (χ1n) is 6.09. The number of carbonyl (C=O) groups excluding carboxylic acids is 1. The van der Waals surface area contributed by atoms with Crippen LogP contribution in [0.15, 0.2) is 23.1 Å². The Morgan fingerprint density at radius 2 is 2.28 bits per heavy atom. The van der Waals surface area contributed by atoms with Crippen molar-refractivity contribution in [3.05, 3.63) is 23.2 Å². The minimum Gasteiger partial charge on any atom is -0.399 e. The molecular weight excluding hydrogens is 268 g/mol. The predicted octanol–water partition coefficient (Wildman–Crippen LogP) is 3.03. The number of nitrogens with two attached hydrogens (primary N) is 1. The van der Waals surface area contributed by atoms with Gasteiger partial charge in [0.25, 0.3) is 0 Å². The first-order chi connectivity index (χ1) is 8.61. The molecule has 1 amide bonds. The summed E-state index contributed by atoms with van der Waals surface area (Å²) in [5.74, 6) is 0.608. The molecule has 0 aromatic heterocycles. The van der Waals surface area contributed by atoms with E-state index in [1.165, 1.54) is 11.8 Å². The number of rotatable bonds is 5. The predicted molar refractivity (Wildman–Crippen MR) is 77.0 cm³/mol. The number of nitrogens with zero attached hydrogens (tertiary/aromatic N) is 1. The van der Waals surface area contributed by atoms with Crippen LogP contribution in [0.1, 0.15) is 19.8 Å². The Bertz CT molecular complexity index is 449.